The predicted octanol–water partition coefficient (Wildman–Crippen LogP) is 3.89. The van der Waals surface area contributed by atoms with Crippen LogP contribution in [0, 0.1) is 13.8 Å². The fourth-order valence-electron chi connectivity index (χ4n) is 1.89. The highest BCUT2D eigenvalue weighted by Gasteiger charge is 2.11. The summed E-state index contributed by atoms with van der Waals surface area (Å²) in [6, 6.07) is 7.76. The van der Waals surface area contributed by atoms with Crippen LogP contribution in [-0.4, -0.2) is 10.8 Å². The number of aromatic nitrogens is 1. The summed E-state index contributed by atoms with van der Waals surface area (Å²) < 4.78 is 0.897. The van der Waals surface area contributed by atoms with Crippen molar-refractivity contribution in [3.63, 3.8) is 0 Å². The quantitative estimate of drug-likeness (QED) is 0.805. The highest BCUT2D eigenvalue weighted by atomic mass is 79.9. The van der Waals surface area contributed by atoms with Crippen LogP contribution >= 0.6 is 15.9 Å². The molecule has 0 spiro atoms. The molecule has 2 aromatic rings. The van der Waals surface area contributed by atoms with E-state index in [1.54, 1.807) is 12.4 Å². The molecule has 18 heavy (non-hydrogen) atoms. The first kappa shape index (κ1) is 13.0. The zero-order chi connectivity index (χ0) is 13.1. The van der Waals surface area contributed by atoms with Gasteiger partial charge in [-0.05, 0) is 52.5 Å². The Labute approximate surface area is 115 Å². The Hall–Kier alpha value is -1.48. The van der Waals surface area contributed by atoms with Crippen LogP contribution in [0.25, 0.3) is 0 Å². The van der Waals surface area contributed by atoms with E-state index in [-0.39, 0.29) is 5.78 Å². The molecule has 0 saturated heterocycles. The van der Waals surface area contributed by atoms with Gasteiger partial charge in [-0.2, -0.15) is 0 Å². The van der Waals surface area contributed by atoms with E-state index in [9.17, 15) is 4.79 Å². The molecule has 1 heterocycles. The number of hydrogen-bond acceptors (Lipinski definition) is 2. The van der Waals surface area contributed by atoms with Gasteiger partial charge in [-0.15, -0.1) is 0 Å². The fourth-order valence-corrected chi connectivity index (χ4v) is 2.30. The molecule has 0 radical (unpaired) electrons. The van der Waals surface area contributed by atoms with Gasteiger partial charge >= 0.3 is 0 Å². The van der Waals surface area contributed by atoms with E-state index >= 15 is 0 Å². The first-order valence-electron chi connectivity index (χ1n) is 5.77. The Balaban J connectivity index is 2.25. The maximum atomic E-state index is 12.3. The van der Waals surface area contributed by atoms with E-state index in [2.05, 4.69) is 20.9 Å². The molecule has 0 bridgehead atoms. The van der Waals surface area contributed by atoms with Crippen molar-refractivity contribution >= 4 is 21.7 Å². The molecule has 92 valence electrons. The highest BCUT2D eigenvalue weighted by molar-refractivity contribution is 9.10. The number of nitrogens with zero attached hydrogens (tertiary/aromatic N) is 1. The van der Waals surface area contributed by atoms with Crippen LogP contribution in [0.15, 0.2) is 41.1 Å². The Morgan fingerprint density at radius 2 is 2.06 bits per heavy atom. The third kappa shape index (κ3) is 2.85. The first-order chi connectivity index (χ1) is 8.58. The van der Waals surface area contributed by atoms with Gasteiger partial charge in [0.25, 0.3) is 0 Å². The summed E-state index contributed by atoms with van der Waals surface area (Å²) in [7, 11) is 0. The molecule has 1 aromatic heterocycles. The van der Waals surface area contributed by atoms with Gasteiger partial charge < -0.3 is 0 Å². The summed E-state index contributed by atoms with van der Waals surface area (Å²) in [5, 5.41) is 0. The number of hydrogen-bond donors (Lipinski definition) is 0. The standard InChI is InChI=1S/C15H14BrNO/c1-10-4-3-5-14(11(10)2)15(18)7-12-6-13(16)9-17-8-12/h3-6,8-9H,7H2,1-2H3. The van der Waals surface area contributed by atoms with Crippen molar-refractivity contribution in [3.05, 3.63) is 63.4 Å². The van der Waals surface area contributed by atoms with Crippen molar-refractivity contribution in [2.24, 2.45) is 0 Å². The normalized spacial score (nSPS) is 10.4. The van der Waals surface area contributed by atoms with Crippen LogP contribution in [0.5, 0.6) is 0 Å². The minimum atomic E-state index is 0.135. The molecular weight excluding hydrogens is 290 g/mol. The number of ketones is 1. The third-order valence-corrected chi connectivity index (χ3v) is 3.46. The number of Topliss-reactive ketones (excluding diaryl/α,β-unsaturated/α-hetero) is 1. The Kier molecular flexibility index (Phi) is 3.92. The largest absolute Gasteiger partial charge is 0.294 e. The number of benzene rings is 1. The summed E-state index contributed by atoms with van der Waals surface area (Å²) >= 11 is 3.36. The lowest BCUT2D eigenvalue weighted by Crippen LogP contribution is -2.06. The zero-order valence-corrected chi connectivity index (χ0v) is 12.0. The first-order valence-corrected chi connectivity index (χ1v) is 6.56. The summed E-state index contributed by atoms with van der Waals surface area (Å²) in [6.45, 7) is 4.01. The lowest BCUT2D eigenvalue weighted by Gasteiger charge is -2.07. The fraction of sp³-hybridized carbons (Fsp3) is 0.200. The van der Waals surface area contributed by atoms with Gasteiger partial charge in [0.2, 0.25) is 0 Å². The lowest BCUT2D eigenvalue weighted by molar-refractivity contribution is 0.0992. The van der Waals surface area contributed by atoms with Gasteiger partial charge in [0.05, 0.1) is 0 Å². The average Bonchev–Trinajstić information content (AvgIpc) is 2.32. The monoisotopic (exact) mass is 303 g/mol. The summed E-state index contributed by atoms with van der Waals surface area (Å²) in [5.74, 6) is 0.135. The number of rotatable bonds is 3. The Bertz CT molecular complexity index is 593. The number of aryl methyl sites for hydroxylation is 1. The Morgan fingerprint density at radius 1 is 1.28 bits per heavy atom. The molecular formula is C15H14BrNO. The van der Waals surface area contributed by atoms with Crippen LogP contribution in [0.2, 0.25) is 0 Å². The van der Waals surface area contributed by atoms with Gasteiger partial charge in [-0.3, -0.25) is 9.78 Å². The van der Waals surface area contributed by atoms with Crippen molar-refractivity contribution in [2.75, 3.05) is 0 Å². The van der Waals surface area contributed by atoms with Crippen molar-refractivity contribution in [1.82, 2.24) is 4.98 Å². The van der Waals surface area contributed by atoms with E-state index in [0.717, 1.165) is 26.7 Å². The van der Waals surface area contributed by atoms with Gasteiger partial charge in [-0.25, -0.2) is 0 Å². The van der Waals surface area contributed by atoms with Crippen LogP contribution in [0.1, 0.15) is 27.0 Å². The van der Waals surface area contributed by atoms with Crippen molar-refractivity contribution in [1.29, 1.82) is 0 Å². The van der Waals surface area contributed by atoms with Crippen molar-refractivity contribution < 1.29 is 4.79 Å². The summed E-state index contributed by atoms with van der Waals surface area (Å²) in [5.41, 5.74) is 3.93. The van der Waals surface area contributed by atoms with Crippen LogP contribution in [0.4, 0.5) is 0 Å². The number of carbonyl (C=O) groups is 1. The minimum absolute atomic E-state index is 0.135. The van der Waals surface area contributed by atoms with Crippen LogP contribution in [-0.2, 0) is 6.42 Å². The summed E-state index contributed by atoms with van der Waals surface area (Å²) in [6.07, 6.45) is 3.83. The molecule has 3 heteroatoms. The summed E-state index contributed by atoms with van der Waals surface area (Å²) in [4.78, 5) is 16.3. The van der Waals surface area contributed by atoms with Gasteiger partial charge in [0.15, 0.2) is 5.78 Å². The Morgan fingerprint density at radius 3 is 2.78 bits per heavy atom. The molecule has 0 fully saturated rings. The maximum Gasteiger partial charge on any atom is 0.167 e. The highest BCUT2D eigenvalue weighted by Crippen LogP contribution is 2.16. The molecule has 0 N–H and O–H groups in total. The minimum Gasteiger partial charge on any atom is -0.294 e. The smallest absolute Gasteiger partial charge is 0.167 e. The lowest BCUT2D eigenvalue weighted by atomic mass is 9.97. The predicted molar refractivity (Wildman–Crippen MR) is 75.9 cm³/mol. The number of halogens is 1. The molecule has 0 amide bonds. The van der Waals surface area contributed by atoms with Crippen molar-refractivity contribution in [3.8, 4) is 0 Å². The van der Waals surface area contributed by atoms with Gasteiger partial charge in [0.1, 0.15) is 0 Å². The van der Waals surface area contributed by atoms with E-state index in [0.29, 0.717) is 6.42 Å². The van der Waals surface area contributed by atoms with E-state index in [4.69, 9.17) is 0 Å². The topological polar surface area (TPSA) is 30.0 Å². The van der Waals surface area contributed by atoms with E-state index in [1.165, 1.54) is 0 Å². The molecule has 0 unspecified atom stereocenters. The molecule has 0 aliphatic heterocycles. The van der Waals surface area contributed by atoms with Crippen molar-refractivity contribution in [2.45, 2.75) is 20.3 Å². The third-order valence-electron chi connectivity index (χ3n) is 3.03. The van der Waals surface area contributed by atoms with E-state index < -0.39 is 0 Å². The number of carbonyl (C=O) groups excluding carboxylic acids is 1. The second-order valence-corrected chi connectivity index (χ2v) is 5.27. The SMILES string of the molecule is Cc1cccc(C(=O)Cc2cncc(Br)c2)c1C. The molecule has 1 aromatic carbocycles. The van der Waals surface area contributed by atoms with E-state index in [1.807, 2.05) is 38.1 Å². The second kappa shape index (κ2) is 5.44. The molecule has 0 aliphatic carbocycles. The molecule has 2 rings (SSSR count). The second-order valence-electron chi connectivity index (χ2n) is 4.36. The molecule has 2 nitrogen and oxygen atoms in total. The molecule has 0 atom stereocenters. The van der Waals surface area contributed by atoms with Gasteiger partial charge in [0, 0.05) is 28.9 Å². The number of pyridine rings is 1. The van der Waals surface area contributed by atoms with Crippen LogP contribution in [0.3, 0.4) is 0 Å². The average molecular weight is 304 g/mol. The van der Waals surface area contributed by atoms with Gasteiger partial charge in [-0.1, -0.05) is 18.2 Å². The maximum absolute atomic E-state index is 12.3. The molecule has 0 saturated carbocycles. The van der Waals surface area contributed by atoms with Crippen LogP contribution < -0.4 is 0 Å². The zero-order valence-electron chi connectivity index (χ0n) is 10.4. The molecule has 0 aliphatic rings.